The lowest BCUT2D eigenvalue weighted by molar-refractivity contribution is 0.0934. The van der Waals surface area contributed by atoms with Crippen molar-refractivity contribution in [3.05, 3.63) is 47.5 Å². The van der Waals surface area contributed by atoms with Crippen LogP contribution in [0.5, 0.6) is 0 Å². The first-order chi connectivity index (χ1) is 12.1. The van der Waals surface area contributed by atoms with Crippen molar-refractivity contribution >= 4 is 11.9 Å². The molecule has 2 aromatic rings. The van der Waals surface area contributed by atoms with Gasteiger partial charge in [-0.1, -0.05) is 12.8 Å². The van der Waals surface area contributed by atoms with E-state index < -0.39 is 0 Å². The Bertz CT molecular complexity index is 711. The van der Waals surface area contributed by atoms with Gasteiger partial charge in [0, 0.05) is 31.2 Å². The van der Waals surface area contributed by atoms with Gasteiger partial charge in [0.05, 0.1) is 6.04 Å². The minimum Gasteiger partial charge on any atom is -0.344 e. The van der Waals surface area contributed by atoms with Crippen LogP contribution >= 0.6 is 0 Å². The van der Waals surface area contributed by atoms with Gasteiger partial charge in [-0.3, -0.25) is 9.78 Å². The maximum absolute atomic E-state index is 12.6. The van der Waals surface area contributed by atoms with Crippen molar-refractivity contribution in [3.63, 3.8) is 0 Å². The molecule has 3 heterocycles. The molecule has 1 amide bonds. The van der Waals surface area contributed by atoms with Gasteiger partial charge in [-0.2, -0.15) is 0 Å². The molecule has 0 bridgehead atoms. The second-order valence-electron chi connectivity index (χ2n) is 6.57. The highest BCUT2D eigenvalue weighted by Gasteiger charge is 2.18. The molecule has 1 atom stereocenters. The standard InChI is InChI=1S/C19H25N5O/c1-14-13-17(18(25)22-15(2)16-7-9-20-10-8-16)23-19(21-14)24-11-5-3-4-6-12-24/h7-10,13,15H,3-6,11-12H2,1-2H3,(H,22,25). The second kappa shape index (κ2) is 8.05. The van der Waals surface area contributed by atoms with Crippen LogP contribution in [0.3, 0.4) is 0 Å². The highest BCUT2D eigenvalue weighted by molar-refractivity contribution is 5.92. The molecule has 0 saturated carbocycles. The largest absolute Gasteiger partial charge is 0.344 e. The van der Waals surface area contributed by atoms with Gasteiger partial charge in [0.15, 0.2) is 0 Å². The lowest BCUT2D eigenvalue weighted by Gasteiger charge is -2.21. The van der Waals surface area contributed by atoms with E-state index in [4.69, 9.17) is 0 Å². The fraction of sp³-hybridized carbons (Fsp3) is 0.474. The molecule has 1 fully saturated rings. The molecular formula is C19H25N5O. The van der Waals surface area contributed by atoms with Crippen LogP contribution in [0.15, 0.2) is 30.6 Å². The third-order valence-corrected chi connectivity index (χ3v) is 4.52. The summed E-state index contributed by atoms with van der Waals surface area (Å²) in [6, 6.07) is 5.44. The Labute approximate surface area is 148 Å². The van der Waals surface area contributed by atoms with Crippen LogP contribution in [0, 0.1) is 6.92 Å². The van der Waals surface area contributed by atoms with Gasteiger partial charge < -0.3 is 10.2 Å². The van der Waals surface area contributed by atoms with E-state index >= 15 is 0 Å². The number of anilines is 1. The molecule has 1 aliphatic rings. The molecule has 0 spiro atoms. The highest BCUT2D eigenvalue weighted by Crippen LogP contribution is 2.17. The van der Waals surface area contributed by atoms with Crippen LogP contribution in [-0.4, -0.2) is 33.9 Å². The number of nitrogens with zero attached hydrogens (tertiary/aromatic N) is 4. The van der Waals surface area contributed by atoms with Gasteiger partial charge in [-0.25, -0.2) is 9.97 Å². The summed E-state index contributed by atoms with van der Waals surface area (Å²) in [6.07, 6.45) is 8.25. The minimum atomic E-state index is -0.175. The van der Waals surface area contributed by atoms with Gasteiger partial charge in [-0.15, -0.1) is 0 Å². The Balaban J connectivity index is 1.76. The molecule has 1 unspecified atom stereocenters. The highest BCUT2D eigenvalue weighted by atomic mass is 16.1. The maximum Gasteiger partial charge on any atom is 0.270 e. The first-order valence-electron chi connectivity index (χ1n) is 8.95. The Morgan fingerprint density at radius 3 is 2.48 bits per heavy atom. The van der Waals surface area contributed by atoms with Crippen LogP contribution in [0.4, 0.5) is 5.95 Å². The summed E-state index contributed by atoms with van der Waals surface area (Å²) in [7, 11) is 0. The number of hydrogen-bond donors (Lipinski definition) is 1. The molecule has 1 N–H and O–H groups in total. The van der Waals surface area contributed by atoms with Crippen molar-refractivity contribution in [1.29, 1.82) is 0 Å². The summed E-state index contributed by atoms with van der Waals surface area (Å²) in [6.45, 7) is 5.78. The molecule has 2 aromatic heterocycles. The van der Waals surface area contributed by atoms with E-state index in [0.717, 1.165) is 37.2 Å². The SMILES string of the molecule is Cc1cc(C(=O)NC(C)c2ccncc2)nc(N2CCCCCC2)n1. The summed E-state index contributed by atoms with van der Waals surface area (Å²) < 4.78 is 0. The van der Waals surface area contributed by atoms with Gasteiger partial charge in [-0.05, 0) is 50.5 Å². The van der Waals surface area contributed by atoms with Crippen molar-refractivity contribution < 1.29 is 4.79 Å². The van der Waals surface area contributed by atoms with E-state index in [1.54, 1.807) is 18.5 Å². The molecule has 132 valence electrons. The number of amides is 1. The van der Waals surface area contributed by atoms with Crippen molar-refractivity contribution in [2.24, 2.45) is 0 Å². The zero-order chi connectivity index (χ0) is 17.6. The molecule has 0 radical (unpaired) electrons. The van der Waals surface area contributed by atoms with Crippen LogP contribution in [-0.2, 0) is 0 Å². The Morgan fingerprint density at radius 2 is 1.80 bits per heavy atom. The number of aryl methyl sites for hydroxylation is 1. The summed E-state index contributed by atoms with van der Waals surface area (Å²) in [5.74, 6) is 0.495. The van der Waals surface area contributed by atoms with Gasteiger partial charge >= 0.3 is 0 Å². The quantitative estimate of drug-likeness (QED) is 0.927. The van der Waals surface area contributed by atoms with E-state index in [9.17, 15) is 4.79 Å². The molecule has 0 aliphatic carbocycles. The number of carbonyl (C=O) groups is 1. The predicted octanol–water partition coefficient (Wildman–Crippen LogP) is 3.05. The average Bonchev–Trinajstić information content (AvgIpc) is 2.91. The van der Waals surface area contributed by atoms with Gasteiger partial charge in [0.2, 0.25) is 5.95 Å². The Kier molecular flexibility index (Phi) is 5.58. The van der Waals surface area contributed by atoms with Gasteiger partial charge in [0.25, 0.3) is 5.91 Å². The molecule has 6 nitrogen and oxygen atoms in total. The normalized spacial score (nSPS) is 16.2. The van der Waals surface area contributed by atoms with Crippen LogP contribution in [0.2, 0.25) is 0 Å². The monoisotopic (exact) mass is 339 g/mol. The van der Waals surface area contributed by atoms with Crippen molar-refractivity contribution in [1.82, 2.24) is 20.3 Å². The topological polar surface area (TPSA) is 71.0 Å². The maximum atomic E-state index is 12.6. The van der Waals surface area contributed by atoms with E-state index in [-0.39, 0.29) is 11.9 Å². The summed E-state index contributed by atoms with van der Waals surface area (Å²) in [4.78, 5) is 27.9. The van der Waals surface area contributed by atoms with Crippen molar-refractivity contribution in [2.75, 3.05) is 18.0 Å². The van der Waals surface area contributed by atoms with E-state index in [1.807, 2.05) is 26.0 Å². The fourth-order valence-corrected chi connectivity index (χ4v) is 3.09. The second-order valence-corrected chi connectivity index (χ2v) is 6.57. The van der Waals surface area contributed by atoms with Crippen molar-refractivity contribution in [3.8, 4) is 0 Å². The number of aromatic nitrogens is 3. The third-order valence-electron chi connectivity index (χ3n) is 4.52. The predicted molar refractivity (Wildman–Crippen MR) is 97.6 cm³/mol. The zero-order valence-electron chi connectivity index (χ0n) is 14.9. The minimum absolute atomic E-state index is 0.104. The van der Waals surface area contributed by atoms with E-state index in [2.05, 4.69) is 25.2 Å². The van der Waals surface area contributed by atoms with Gasteiger partial charge in [0.1, 0.15) is 5.69 Å². The first kappa shape index (κ1) is 17.3. The smallest absolute Gasteiger partial charge is 0.270 e. The number of rotatable bonds is 4. The molecule has 1 saturated heterocycles. The molecule has 6 heteroatoms. The van der Waals surface area contributed by atoms with Crippen molar-refractivity contribution in [2.45, 2.75) is 45.6 Å². The molecule has 25 heavy (non-hydrogen) atoms. The summed E-state index contributed by atoms with van der Waals surface area (Å²) in [5, 5.41) is 3.01. The average molecular weight is 339 g/mol. The zero-order valence-corrected chi connectivity index (χ0v) is 14.9. The third kappa shape index (κ3) is 4.53. The number of nitrogens with one attached hydrogen (secondary N) is 1. The molecule has 0 aromatic carbocycles. The molecule has 1 aliphatic heterocycles. The van der Waals surface area contributed by atoms with Crippen LogP contribution in [0.25, 0.3) is 0 Å². The summed E-state index contributed by atoms with van der Waals surface area (Å²) in [5.41, 5.74) is 2.26. The molecule has 3 rings (SSSR count). The Morgan fingerprint density at radius 1 is 1.12 bits per heavy atom. The number of pyridine rings is 1. The number of carbonyl (C=O) groups excluding carboxylic acids is 1. The number of hydrogen-bond acceptors (Lipinski definition) is 5. The lowest BCUT2D eigenvalue weighted by atomic mass is 10.1. The Hall–Kier alpha value is -2.50. The van der Waals surface area contributed by atoms with Crippen LogP contribution in [0.1, 0.15) is 60.4 Å². The summed E-state index contributed by atoms with van der Waals surface area (Å²) >= 11 is 0. The molecular weight excluding hydrogens is 314 g/mol. The fourth-order valence-electron chi connectivity index (χ4n) is 3.09. The van der Waals surface area contributed by atoms with E-state index in [0.29, 0.717) is 11.6 Å². The van der Waals surface area contributed by atoms with Crippen LogP contribution < -0.4 is 10.2 Å². The first-order valence-corrected chi connectivity index (χ1v) is 8.95. The lowest BCUT2D eigenvalue weighted by Crippen LogP contribution is -2.30. The van der Waals surface area contributed by atoms with E-state index in [1.165, 1.54) is 12.8 Å².